The Morgan fingerprint density at radius 2 is 2.14 bits per heavy atom. The number of rotatable bonds is 3. The summed E-state index contributed by atoms with van der Waals surface area (Å²) in [5.41, 5.74) is 1.18. The van der Waals surface area contributed by atoms with Crippen LogP contribution < -0.4 is 5.32 Å². The number of aryl methyl sites for hydroxylation is 1. The van der Waals surface area contributed by atoms with Crippen molar-refractivity contribution in [3.63, 3.8) is 0 Å². The molecule has 3 fully saturated rings. The molecule has 120 valence electrons. The molecule has 0 radical (unpaired) electrons. The molecule has 6 heteroatoms. The number of nitrogens with zero attached hydrogens (tertiary/aromatic N) is 3. The first-order valence-corrected chi connectivity index (χ1v) is 9.14. The van der Waals surface area contributed by atoms with Gasteiger partial charge in [-0.3, -0.25) is 4.99 Å². The van der Waals surface area contributed by atoms with Gasteiger partial charge in [0.2, 0.25) is 0 Å². The van der Waals surface area contributed by atoms with E-state index >= 15 is 0 Å². The molecule has 4 heterocycles. The normalized spacial score (nSPS) is 33.5. The van der Waals surface area contributed by atoms with Crippen molar-refractivity contribution in [2.45, 2.75) is 38.4 Å². The van der Waals surface area contributed by atoms with Crippen LogP contribution in [0.3, 0.4) is 0 Å². The molecule has 3 saturated heterocycles. The highest BCUT2D eigenvalue weighted by molar-refractivity contribution is 7.09. The van der Waals surface area contributed by atoms with Crippen LogP contribution in [0.4, 0.5) is 0 Å². The molecule has 1 N–H and O–H groups in total. The molecule has 22 heavy (non-hydrogen) atoms. The van der Waals surface area contributed by atoms with Crippen LogP contribution in [0.5, 0.6) is 0 Å². The summed E-state index contributed by atoms with van der Waals surface area (Å²) in [4.78, 5) is 11.4. The van der Waals surface area contributed by atoms with Crippen molar-refractivity contribution in [3.8, 4) is 0 Å². The fraction of sp³-hybridized carbons (Fsp3) is 0.750. The predicted octanol–water partition coefficient (Wildman–Crippen LogP) is 1.68. The van der Waals surface area contributed by atoms with Gasteiger partial charge in [0.15, 0.2) is 5.96 Å². The maximum absolute atomic E-state index is 6.05. The van der Waals surface area contributed by atoms with Crippen molar-refractivity contribution in [1.82, 2.24) is 15.2 Å². The average Bonchev–Trinajstić information content (AvgIpc) is 3.25. The first-order valence-electron chi connectivity index (χ1n) is 8.26. The second kappa shape index (κ2) is 5.81. The third-order valence-electron chi connectivity index (χ3n) is 5.29. The van der Waals surface area contributed by atoms with E-state index in [9.17, 15) is 0 Å². The number of thiazole rings is 1. The largest absolute Gasteiger partial charge is 0.374 e. The number of hydrogen-bond acceptors (Lipinski definition) is 4. The zero-order valence-corrected chi connectivity index (χ0v) is 14.1. The molecule has 4 rings (SSSR count). The maximum atomic E-state index is 6.05. The standard InChI is InChI=1S/C16H24N4OS/c1-10-19-11(9-22-10)5-6-18-16(17-2)20-7-12-13(8-20)15-4-3-14(12)21-15/h9,12-15H,3-8H2,1-2H3,(H,17,18). The van der Waals surface area contributed by atoms with Gasteiger partial charge in [0.1, 0.15) is 0 Å². The molecule has 0 saturated carbocycles. The van der Waals surface area contributed by atoms with E-state index in [0.29, 0.717) is 12.2 Å². The molecule has 2 bridgehead atoms. The van der Waals surface area contributed by atoms with Gasteiger partial charge in [-0.1, -0.05) is 0 Å². The summed E-state index contributed by atoms with van der Waals surface area (Å²) in [5, 5.41) is 6.80. The van der Waals surface area contributed by atoms with E-state index in [4.69, 9.17) is 4.74 Å². The molecule has 0 aromatic carbocycles. The highest BCUT2D eigenvalue weighted by Gasteiger charge is 2.53. The topological polar surface area (TPSA) is 49.8 Å². The summed E-state index contributed by atoms with van der Waals surface area (Å²) in [6.07, 6.45) is 4.49. The molecular weight excluding hydrogens is 296 g/mol. The molecule has 1 aromatic heterocycles. The molecular formula is C16H24N4OS. The van der Waals surface area contributed by atoms with Crippen LogP contribution in [-0.4, -0.2) is 54.7 Å². The van der Waals surface area contributed by atoms with E-state index in [1.165, 1.54) is 18.5 Å². The minimum absolute atomic E-state index is 0.510. The third kappa shape index (κ3) is 2.52. The van der Waals surface area contributed by atoms with E-state index in [-0.39, 0.29) is 0 Å². The first kappa shape index (κ1) is 14.5. The van der Waals surface area contributed by atoms with Crippen LogP contribution >= 0.6 is 11.3 Å². The number of ether oxygens (including phenoxy) is 1. The van der Waals surface area contributed by atoms with Gasteiger partial charge in [-0.25, -0.2) is 4.98 Å². The Morgan fingerprint density at radius 1 is 1.41 bits per heavy atom. The molecule has 4 unspecified atom stereocenters. The second-order valence-electron chi connectivity index (χ2n) is 6.60. The fourth-order valence-electron chi connectivity index (χ4n) is 4.29. The highest BCUT2D eigenvalue weighted by Crippen LogP contribution is 2.47. The van der Waals surface area contributed by atoms with Gasteiger partial charge in [0.05, 0.1) is 22.9 Å². The van der Waals surface area contributed by atoms with Gasteiger partial charge in [-0.15, -0.1) is 11.3 Å². The Balaban J connectivity index is 1.31. The van der Waals surface area contributed by atoms with E-state index in [1.54, 1.807) is 11.3 Å². The zero-order valence-electron chi connectivity index (χ0n) is 13.3. The van der Waals surface area contributed by atoms with Gasteiger partial charge in [-0.05, 0) is 19.8 Å². The summed E-state index contributed by atoms with van der Waals surface area (Å²) in [6, 6.07) is 0. The number of fused-ring (bicyclic) bond motifs is 5. The van der Waals surface area contributed by atoms with Crippen LogP contribution in [0.1, 0.15) is 23.5 Å². The molecule has 0 amide bonds. The summed E-state index contributed by atoms with van der Waals surface area (Å²) < 4.78 is 6.05. The molecule has 4 atom stereocenters. The smallest absolute Gasteiger partial charge is 0.193 e. The Morgan fingerprint density at radius 3 is 2.73 bits per heavy atom. The monoisotopic (exact) mass is 320 g/mol. The number of aliphatic imine (C=N–C) groups is 1. The van der Waals surface area contributed by atoms with E-state index < -0.39 is 0 Å². The first-order chi connectivity index (χ1) is 10.7. The van der Waals surface area contributed by atoms with Gasteiger partial charge in [0.25, 0.3) is 0 Å². The third-order valence-corrected chi connectivity index (χ3v) is 6.12. The van der Waals surface area contributed by atoms with Crippen LogP contribution in [-0.2, 0) is 11.2 Å². The number of nitrogens with one attached hydrogen (secondary N) is 1. The Kier molecular flexibility index (Phi) is 3.82. The number of aromatic nitrogens is 1. The van der Waals surface area contributed by atoms with Gasteiger partial charge >= 0.3 is 0 Å². The van der Waals surface area contributed by atoms with Crippen LogP contribution in [0.25, 0.3) is 0 Å². The summed E-state index contributed by atoms with van der Waals surface area (Å²) in [5.74, 6) is 2.48. The number of guanidine groups is 1. The van der Waals surface area contributed by atoms with Crippen molar-refractivity contribution < 1.29 is 4.74 Å². The minimum atomic E-state index is 0.510. The zero-order chi connectivity index (χ0) is 15.1. The van der Waals surface area contributed by atoms with Crippen molar-refractivity contribution in [2.75, 3.05) is 26.7 Å². The van der Waals surface area contributed by atoms with Crippen molar-refractivity contribution in [1.29, 1.82) is 0 Å². The molecule has 1 aromatic rings. The van der Waals surface area contributed by atoms with E-state index in [2.05, 4.69) is 32.5 Å². The number of likely N-dealkylation sites (tertiary alicyclic amines) is 1. The number of hydrogen-bond donors (Lipinski definition) is 1. The summed E-state index contributed by atoms with van der Waals surface area (Å²) >= 11 is 1.72. The maximum Gasteiger partial charge on any atom is 0.193 e. The quantitative estimate of drug-likeness (QED) is 0.680. The molecule has 3 aliphatic rings. The Labute approximate surface area is 135 Å². The molecule has 0 aliphatic carbocycles. The Hall–Kier alpha value is -1.14. The lowest BCUT2D eigenvalue weighted by Crippen LogP contribution is -2.42. The molecule has 0 spiro atoms. The van der Waals surface area contributed by atoms with Gasteiger partial charge in [-0.2, -0.15) is 0 Å². The lowest BCUT2D eigenvalue weighted by Gasteiger charge is -2.23. The Bertz CT molecular complexity index is 554. The van der Waals surface area contributed by atoms with Crippen molar-refractivity contribution >= 4 is 17.3 Å². The SMILES string of the molecule is CN=C(NCCc1csc(C)n1)N1CC2C3CCC(O3)C2C1. The minimum Gasteiger partial charge on any atom is -0.374 e. The van der Waals surface area contributed by atoms with Crippen LogP contribution in [0.15, 0.2) is 10.4 Å². The van der Waals surface area contributed by atoms with Gasteiger partial charge in [0, 0.05) is 50.3 Å². The summed E-state index contributed by atoms with van der Waals surface area (Å²) in [7, 11) is 1.88. The van der Waals surface area contributed by atoms with Crippen molar-refractivity contribution in [3.05, 3.63) is 16.1 Å². The molecule has 3 aliphatic heterocycles. The fourth-order valence-corrected chi connectivity index (χ4v) is 4.94. The second-order valence-corrected chi connectivity index (χ2v) is 7.67. The van der Waals surface area contributed by atoms with Gasteiger partial charge < -0.3 is 15.0 Å². The average molecular weight is 320 g/mol. The predicted molar refractivity (Wildman–Crippen MR) is 88.4 cm³/mol. The highest BCUT2D eigenvalue weighted by atomic mass is 32.1. The van der Waals surface area contributed by atoms with Crippen LogP contribution in [0, 0.1) is 18.8 Å². The van der Waals surface area contributed by atoms with Crippen LogP contribution in [0.2, 0.25) is 0 Å². The van der Waals surface area contributed by atoms with Crippen molar-refractivity contribution in [2.24, 2.45) is 16.8 Å². The van der Waals surface area contributed by atoms with E-state index in [1.807, 2.05) is 7.05 Å². The molecule has 5 nitrogen and oxygen atoms in total. The van der Waals surface area contributed by atoms with E-state index in [0.717, 1.165) is 48.9 Å². The lowest BCUT2D eigenvalue weighted by atomic mass is 9.82. The lowest BCUT2D eigenvalue weighted by molar-refractivity contribution is 0.0767. The summed E-state index contributed by atoms with van der Waals surface area (Å²) in [6.45, 7) is 5.15.